The third-order valence-electron chi connectivity index (χ3n) is 2.26. The molecule has 15 heavy (non-hydrogen) atoms. The van der Waals surface area contributed by atoms with Gasteiger partial charge in [-0.25, -0.2) is 4.79 Å². The van der Waals surface area contributed by atoms with Crippen molar-refractivity contribution < 1.29 is 14.4 Å². The van der Waals surface area contributed by atoms with E-state index in [0.29, 0.717) is 5.57 Å². The zero-order valence-electron chi connectivity index (χ0n) is 7.77. The van der Waals surface area contributed by atoms with E-state index in [1.807, 2.05) is 0 Å². The first-order chi connectivity index (χ1) is 7.09. The number of urea groups is 1. The molecule has 0 aromatic rings. The first-order valence-corrected chi connectivity index (χ1v) is 4.28. The minimum absolute atomic E-state index is 0.190. The lowest BCUT2D eigenvalue weighted by Crippen LogP contribution is -2.37. The summed E-state index contributed by atoms with van der Waals surface area (Å²) in [7, 11) is 0. The van der Waals surface area contributed by atoms with E-state index in [9.17, 15) is 9.59 Å². The maximum atomic E-state index is 11.0. The summed E-state index contributed by atoms with van der Waals surface area (Å²) < 4.78 is 0. The average molecular weight is 210 g/mol. The third-order valence-corrected chi connectivity index (χ3v) is 2.26. The largest absolute Gasteiger partial charge is 0.364 e. The van der Waals surface area contributed by atoms with Crippen LogP contribution in [-0.2, 0) is 9.63 Å². The molecule has 0 fully saturated rings. The Balaban J connectivity index is 2.31. The molecule has 1 unspecified atom stereocenters. The summed E-state index contributed by atoms with van der Waals surface area (Å²) >= 11 is 0. The summed E-state index contributed by atoms with van der Waals surface area (Å²) in [4.78, 5) is 28.2. The van der Waals surface area contributed by atoms with Crippen LogP contribution in [0.4, 0.5) is 4.79 Å². The summed E-state index contributed by atoms with van der Waals surface area (Å²) in [6.45, 7) is 0.210. The van der Waals surface area contributed by atoms with Crippen LogP contribution in [0, 0.1) is 0 Å². The van der Waals surface area contributed by atoms with Crippen LogP contribution in [-0.4, -0.2) is 29.5 Å². The molecule has 2 heterocycles. The molecule has 2 aliphatic rings. The molecule has 1 atom stereocenters. The molecule has 80 valence electrons. The first-order valence-electron chi connectivity index (χ1n) is 4.28. The molecule has 0 aromatic carbocycles. The molecular weight excluding hydrogens is 200 g/mol. The molecule has 0 bridgehead atoms. The predicted molar refractivity (Wildman–Crippen MR) is 49.7 cm³/mol. The number of rotatable bonds is 1. The van der Waals surface area contributed by atoms with Gasteiger partial charge in [-0.05, 0) is 6.08 Å². The highest BCUT2D eigenvalue weighted by Crippen LogP contribution is 2.23. The summed E-state index contributed by atoms with van der Waals surface area (Å²) in [5.41, 5.74) is 13.5. The van der Waals surface area contributed by atoms with Crippen molar-refractivity contribution in [2.45, 2.75) is 6.10 Å². The molecule has 0 spiro atoms. The van der Waals surface area contributed by atoms with Crippen LogP contribution in [0.2, 0.25) is 0 Å². The van der Waals surface area contributed by atoms with Crippen LogP contribution < -0.4 is 16.9 Å². The molecule has 7 nitrogen and oxygen atoms in total. The number of primary amides is 2. The highest BCUT2D eigenvalue weighted by Gasteiger charge is 2.32. The van der Waals surface area contributed by atoms with E-state index in [4.69, 9.17) is 16.3 Å². The Morgan fingerprint density at radius 3 is 2.87 bits per heavy atom. The predicted octanol–water partition coefficient (Wildman–Crippen LogP) is -1.46. The fourth-order valence-corrected chi connectivity index (χ4v) is 1.50. The molecule has 3 amide bonds. The molecule has 2 rings (SSSR count). The number of hydrogen-bond acceptors (Lipinski definition) is 4. The average Bonchev–Trinajstić information content (AvgIpc) is 2.59. The van der Waals surface area contributed by atoms with Gasteiger partial charge in [-0.1, -0.05) is 0 Å². The van der Waals surface area contributed by atoms with E-state index in [0.717, 1.165) is 0 Å². The van der Waals surface area contributed by atoms with Crippen LogP contribution in [0.1, 0.15) is 0 Å². The molecule has 0 radical (unpaired) electrons. The Labute approximate surface area is 85.3 Å². The van der Waals surface area contributed by atoms with Crippen molar-refractivity contribution in [3.8, 4) is 0 Å². The SMILES string of the molecule is NC(=O)C1=C2CN(C(N)=O)C=CC2ON1. The van der Waals surface area contributed by atoms with Crippen LogP contribution in [0.3, 0.4) is 0 Å². The van der Waals surface area contributed by atoms with Crippen molar-refractivity contribution >= 4 is 11.9 Å². The van der Waals surface area contributed by atoms with Crippen molar-refractivity contribution in [1.82, 2.24) is 10.4 Å². The van der Waals surface area contributed by atoms with Crippen LogP contribution in [0.5, 0.6) is 0 Å². The van der Waals surface area contributed by atoms with Gasteiger partial charge in [0.1, 0.15) is 11.8 Å². The van der Waals surface area contributed by atoms with E-state index >= 15 is 0 Å². The van der Waals surface area contributed by atoms with Gasteiger partial charge in [0.15, 0.2) is 0 Å². The van der Waals surface area contributed by atoms with Crippen molar-refractivity contribution in [2.24, 2.45) is 11.5 Å². The standard InChI is InChI=1S/C8H10N4O3/c9-7(13)6-4-3-12(8(10)14)2-1-5(4)15-11-6/h1-2,5,11H,3H2,(H2,9,13)(H2,10,14). The van der Waals surface area contributed by atoms with Crippen molar-refractivity contribution in [3.63, 3.8) is 0 Å². The Morgan fingerprint density at radius 1 is 1.53 bits per heavy atom. The van der Waals surface area contributed by atoms with Crippen LogP contribution >= 0.6 is 0 Å². The van der Waals surface area contributed by atoms with Crippen LogP contribution in [0.25, 0.3) is 0 Å². The van der Waals surface area contributed by atoms with Gasteiger partial charge in [0.05, 0.1) is 6.54 Å². The number of carbonyl (C=O) groups is 2. The number of nitrogens with zero attached hydrogens (tertiary/aromatic N) is 1. The highest BCUT2D eigenvalue weighted by atomic mass is 16.7. The third kappa shape index (κ3) is 1.52. The first kappa shape index (κ1) is 9.53. The molecule has 7 heteroatoms. The topological polar surface area (TPSA) is 111 Å². The van der Waals surface area contributed by atoms with Gasteiger partial charge >= 0.3 is 6.03 Å². The molecule has 0 saturated heterocycles. The Morgan fingerprint density at radius 2 is 2.27 bits per heavy atom. The minimum atomic E-state index is -0.618. The van der Waals surface area contributed by atoms with Gasteiger partial charge in [-0.3, -0.25) is 20.0 Å². The quantitative estimate of drug-likeness (QED) is 0.491. The van der Waals surface area contributed by atoms with E-state index in [2.05, 4.69) is 5.48 Å². The smallest absolute Gasteiger partial charge is 0.319 e. The Kier molecular flexibility index (Phi) is 2.09. The fraction of sp³-hybridized carbons (Fsp3) is 0.250. The van der Waals surface area contributed by atoms with Crippen LogP contribution in [0.15, 0.2) is 23.5 Å². The zero-order valence-corrected chi connectivity index (χ0v) is 7.77. The number of amides is 3. The summed E-state index contributed by atoms with van der Waals surface area (Å²) in [6.07, 6.45) is 2.78. The molecule has 0 saturated carbocycles. The summed E-state index contributed by atoms with van der Waals surface area (Å²) in [5, 5.41) is 0. The normalized spacial score (nSPS) is 23.7. The highest BCUT2D eigenvalue weighted by molar-refractivity contribution is 5.93. The molecular formula is C8H10N4O3. The maximum absolute atomic E-state index is 11.0. The number of nitrogens with one attached hydrogen (secondary N) is 1. The Bertz CT molecular complexity index is 387. The van der Waals surface area contributed by atoms with Gasteiger partial charge in [0, 0.05) is 11.8 Å². The number of nitrogens with two attached hydrogens (primary N) is 2. The van der Waals surface area contributed by atoms with Crippen molar-refractivity contribution in [1.29, 1.82) is 0 Å². The van der Waals surface area contributed by atoms with Gasteiger partial charge < -0.3 is 11.5 Å². The second kappa shape index (κ2) is 3.28. The van der Waals surface area contributed by atoms with Gasteiger partial charge in [0.2, 0.25) is 0 Å². The second-order valence-corrected chi connectivity index (χ2v) is 3.21. The number of hydrogen-bond donors (Lipinski definition) is 3. The lowest BCUT2D eigenvalue weighted by molar-refractivity contribution is -0.115. The van der Waals surface area contributed by atoms with Gasteiger partial charge in [-0.2, -0.15) is 0 Å². The summed E-state index contributed by atoms with van der Waals surface area (Å²) in [5.74, 6) is -0.618. The van der Waals surface area contributed by atoms with E-state index in [1.54, 1.807) is 6.08 Å². The number of carbonyl (C=O) groups excluding carboxylic acids is 2. The molecule has 2 aliphatic heterocycles. The molecule has 0 aromatic heterocycles. The maximum Gasteiger partial charge on any atom is 0.319 e. The van der Waals surface area contributed by atoms with Gasteiger partial charge in [-0.15, -0.1) is 0 Å². The van der Waals surface area contributed by atoms with E-state index < -0.39 is 11.9 Å². The second-order valence-electron chi connectivity index (χ2n) is 3.21. The van der Waals surface area contributed by atoms with E-state index in [1.165, 1.54) is 11.1 Å². The fourth-order valence-electron chi connectivity index (χ4n) is 1.50. The lowest BCUT2D eigenvalue weighted by Gasteiger charge is -2.23. The number of hydroxylamine groups is 1. The number of fused-ring (bicyclic) bond motifs is 1. The molecule has 5 N–H and O–H groups in total. The van der Waals surface area contributed by atoms with Crippen molar-refractivity contribution in [3.05, 3.63) is 23.5 Å². The molecule has 0 aliphatic carbocycles. The summed E-state index contributed by atoms with van der Waals surface area (Å²) in [6, 6.07) is -0.590. The minimum Gasteiger partial charge on any atom is -0.364 e. The lowest BCUT2D eigenvalue weighted by atomic mass is 10.0. The zero-order chi connectivity index (χ0) is 11.0. The van der Waals surface area contributed by atoms with E-state index in [-0.39, 0.29) is 18.3 Å². The van der Waals surface area contributed by atoms with Crippen molar-refractivity contribution in [2.75, 3.05) is 6.54 Å². The monoisotopic (exact) mass is 210 g/mol. The van der Waals surface area contributed by atoms with Gasteiger partial charge in [0.25, 0.3) is 5.91 Å². The Hall–Kier alpha value is -2.02.